The molecule has 3 nitrogen and oxygen atoms in total. The molecule has 0 bridgehead atoms. The van der Waals surface area contributed by atoms with Crippen molar-refractivity contribution < 1.29 is 9.15 Å². The van der Waals surface area contributed by atoms with Crippen molar-refractivity contribution in [2.45, 2.75) is 78.5 Å². The number of rotatable bonds is 10. The highest BCUT2D eigenvalue weighted by Gasteiger charge is 2.09. The van der Waals surface area contributed by atoms with Crippen LogP contribution in [0.15, 0.2) is 16.7 Å². The van der Waals surface area contributed by atoms with Crippen LogP contribution in [0.3, 0.4) is 0 Å². The van der Waals surface area contributed by atoms with Gasteiger partial charge in [0.25, 0.3) is 0 Å². The Morgan fingerprint density at radius 2 is 1.90 bits per heavy atom. The van der Waals surface area contributed by atoms with Crippen LogP contribution in [-0.2, 0) is 17.9 Å². The van der Waals surface area contributed by atoms with E-state index in [0.717, 1.165) is 25.3 Å². The van der Waals surface area contributed by atoms with Crippen LogP contribution in [0.5, 0.6) is 0 Å². The first-order chi connectivity index (χ1) is 9.51. The Morgan fingerprint density at radius 3 is 2.60 bits per heavy atom. The predicted octanol–water partition coefficient (Wildman–Crippen LogP) is 4.65. The maximum Gasteiger partial charge on any atom is 0.129 e. The van der Waals surface area contributed by atoms with Gasteiger partial charge in [-0.1, -0.05) is 32.6 Å². The molecule has 1 rings (SSSR count). The molecule has 0 atom stereocenters. The molecule has 0 amide bonds. The Kier molecular flexibility index (Phi) is 7.93. The summed E-state index contributed by atoms with van der Waals surface area (Å²) in [7, 11) is 0. The van der Waals surface area contributed by atoms with E-state index in [1.54, 1.807) is 0 Å². The lowest BCUT2D eigenvalue weighted by Crippen LogP contribution is -2.34. The molecule has 20 heavy (non-hydrogen) atoms. The highest BCUT2D eigenvalue weighted by molar-refractivity contribution is 5.12. The van der Waals surface area contributed by atoms with Crippen LogP contribution in [0.25, 0.3) is 0 Å². The van der Waals surface area contributed by atoms with Crippen LogP contribution in [0.1, 0.15) is 71.1 Å². The molecule has 0 aliphatic carbocycles. The summed E-state index contributed by atoms with van der Waals surface area (Å²) >= 11 is 0. The topological polar surface area (TPSA) is 34.4 Å². The lowest BCUT2D eigenvalue weighted by molar-refractivity contribution is 0.102. The van der Waals surface area contributed by atoms with Crippen molar-refractivity contribution in [3.63, 3.8) is 0 Å². The second-order valence-corrected chi connectivity index (χ2v) is 6.49. The molecule has 0 aromatic carbocycles. The molecule has 1 aromatic rings. The first-order valence-corrected chi connectivity index (χ1v) is 7.90. The third-order valence-corrected chi connectivity index (χ3v) is 3.17. The minimum atomic E-state index is 0.131. The van der Waals surface area contributed by atoms with Crippen LogP contribution in [0.2, 0.25) is 0 Å². The summed E-state index contributed by atoms with van der Waals surface area (Å²) in [6, 6.07) is 2.08. The molecule has 1 N–H and O–H groups in total. The van der Waals surface area contributed by atoms with Gasteiger partial charge in [-0.25, -0.2) is 0 Å². The molecule has 1 heterocycles. The van der Waals surface area contributed by atoms with E-state index >= 15 is 0 Å². The molecule has 0 fully saturated rings. The highest BCUT2D eigenvalue weighted by Crippen LogP contribution is 2.11. The van der Waals surface area contributed by atoms with Gasteiger partial charge < -0.3 is 14.5 Å². The molecular weight excluding hydrogens is 250 g/mol. The van der Waals surface area contributed by atoms with Gasteiger partial charge in [0.1, 0.15) is 12.4 Å². The summed E-state index contributed by atoms with van der Waals surface area (Å²) in [5.74, 6) is 0.921. The molecule has 0 spiro atoms. The average molecular weight is 281 g/mol. The van der Waals surface area contributed by atoms with Crippen LogP contribution in [0.4, 0.5) is 0 Å². The SMILES string of the molecule is CCCCCCCOCc1cc(CNC(C)(C)C)co1. The van der Waals surface area contributed by atoms with E-state index in [0.29, 0.717) is 6.61 Å². The fraction of sp³-hybridized carbons (Fsp3) is 0.765. The molecule has 0 saturated heterocycles. The van der Waals surface area contributed by atoms with Crippen LogP contribution >= 0.6 is 0 Å². The van der Waals surface area contributed by atoms with Crippen molar-refractivity contribution in [1.82, 2.24) is 5.32 Å². The summed E-state index contributed by atoms with van der Waals surface area (Å²) in [6.45, 7) is 11.0. The van der Waals surface area contributed by atoms with Gasteiger partial charge in [-0.05, 0) is 33.3 Å². The molecule has 0 saturated carbocycles. The highest BCUT2D eigenvalue weighted by atomic mass is 16.5. The quantitative estimate of drug-likeness (QED) is 0.634. The van der Waals surface area contributed by atoms with Crippen LogP contribution in [-0.4, -0.2) is 12.1 Å². The zero-order chi connectivity index (χ0) is 14.8. The van der Waals surface area contributed by atoms with E-state index in [4.69, 9.17) is 9.15 Å². The number of nitrogens with one attached hydrogen (secondary N) is 1. The monoisotopic (exact) mass is 281 g/mol. The van der Waals surface area contributed by atoms with Gasteiger partial charge in [0, 0.05) is 24.3 Å². The smallest absolute Gasteiger partial charge is 0.129 e. The lowest BCUT2D eigenvalue weighted by atomic mass is 10.1. The number of hydrogen-bond acceptors (Lipinski definition) is 3. The van der Waals surface area contributed by atoms with Gasteiger partial charge in [-0.3, -0.25) is 0 Å². The van der Waals surface area contributed by atoms with E-state index in [-0.39, 0.29) is 5.54 Å². The van der Waals surface area contributed by atoms with Gasteiger partial charge in [0.15, 0.2) is 0 Å². The summed E-state index contributed by atoms with van der Waals surface area (Å²) < 4.78 is 11.2. The number of hydrogen-bond donors (Lipinski definition) is 1. The summed E-state index contributed by atoms with van der Waals surface area (Å²) in [5.41, 5.74) is 1.31. The van der Waals surface area contributed by atoms with E-state index in [1.807, 2.05) is 6.26 Å². The van der Waals surface area contributed by atoms with Crippen LogP contribution < -0.4 is 5.32 Å². The van der Waals surface area contributed by atoms with Crippen molar-refractivity contribution >= 4 is 0 Å². The third-order valence-electron chi connectivity index (χ3n) is 3.17. The van der Waals surface area contributed by atoms with E-state index in [1.165, 1.54) is 31.2 Å². The molecule has 0 aliphatic rings. The normalized spacial score (nSPS) is 12.0. The second-order valence-electron chi connectivity index (χ2n) is 6.49. The zero-order valence-corrected chi connectivity index (χ0v) is 13.6. The van der Waals surface area contributed by atoms with Crippen molar-refractivity contribution in [2.75, 3.05) is 6.61 Å². The second kappa shape index (κ2) is 9.19. The van der Waals surface area contributed by atoms with Gasteiger partial charge >= 0.3 is 0 Å². The average Bonchev–Trinajstić information content (AvgIpc) is 2.82. The summed E-state index contributed by atoms with van der Waals surface area (Å²) in [5, 5.41) is 3.45. The van der Waals surface area contributed by atoms with E-state index < -0.39 is 0 Å². The third kappa shape index (κ3) is 8.39. The summed E-state index contributed by atoms with van der Waals surface area (Å²) in [6.07, 6.45) is 8.19. The Labute approximate surface area is 124 Å². The first kappa shape index (κ1) is 17.3. The van der Waals surface area contributed by atoms with Gasteiger partial charge in [-0.15, -0.1) is 0 Å². The Morgan fingerprint density at radius 1 is 1.15 bits per heavy atom. The van der Waals surface area contributed by atoms with Gasteiger partial charge in [0.2, 0.25) is 0 Å². The minimum absolute atomic E-state index is 0.131. The molecule has 0 radical (unpaired) electrons. The van der Waals surface area contributed by atoms with Gasteiger partial charge in [-0.2, -0.15) is 0 Å². The van der Waals surface area contributed by atoms with E-state index in [2.05, 4.69) is 39.1 Å². The van der Waals surface area contributed by atoms with Crippen molar-refractivity contribution in [3.8, 4) is 0 Å². The van der Waals surface area contributed by atoms with Crippen LogP contribution in [0, 0.1) is 0 Å². The fourth-order valence-corrected chi connectivity index (χ4v) is 1.94. The zero-order valence-electron chi connectivity index (χ0n) is 13.6. The largest absolute Gasteiger partial charge is 0.467 e. The molecule has 1 aromatic heterocycles. The van der Waals surface area contributed by atoms with Crippen molar-refractivity contribution in [1.29, 1.82) is 0 Å². The lowest BCUT2D eigenvalue weighted by Gasteiger charge is -2.19. The van der Waals surface area contributed by atoms with Crippen molar-refractivity contribution in [3.05, 3.63) is 23.7 Å². The minimum Gasteiger partial charge on any atom is -0.467 e. The molecule has 116 valence electrons. The Hall–Kier alpha value is -0.800. The maximum absolute atomic E-state index is 5.64. The standard InChI is InChI=1S/C17H31NO2/c1-5-6-7-8-9-10-19-14-16-11-15(13-20-16)12-18-17(2,3)4/h11,13,18H,5-10,12,14H2,1-4H3. The van der Waals surface area contributed by atoms with E-state index in [9.17, 15) is 0 Å². The predicted molar refractivity (Wildman–Crippen MR) is 83.7 cm³/mol. The Balaban J connectivity index is 2.11. The van der Waals surface area contributed by atoms with Crippen molar-refractivity contribution in [2.24, 2.45) is 0 Å². The molecule has 0 unspecified atom stereocenters. The number of unbranched alkanes of at least 4 members (excludes halogenated alkanes) is 4. The number of furan rings is 1. The molecule has 0 aliphatic heterocycles. The summed E-state index contributed by atoms with van der Waals surface area (Å²) in [4.78, 5) is 0. The fourth-order valence-electron chi connectivity index (χ4n) is 1.94. The molecular formula is C17H31NO2. The Bertz CT molecular complexity index is 352. The maximum atomic E-state index is 5.64. The first-order valence-electron chi connectivity index (χ1n) is 7.90. The number of ether oxygens (including phenoxy) is 1. The molecule has 3 heteroatoms. The van der Waals surface area contributed by atoms with Gasteiger partial charge in [0.05, 0.1) is 6.26 Å².